The molecule has 1 fully saturated rings. The number of aryl methyl sites for hydroxylation is 1. The lowest BCUT2D eigenvalue weighted by Crippen LogP contribution is -2.30. The third-order valence-corrected chi connectivity index (χ3v) is 3.42. The van der Waals surface area contributed by atoms with Crippen LogP contribution in [0.2, 0.25) is 5.15 Å². The van der Waals surface area contributed by atoms with Gasteiger partial charge in [-0.15, -0.1) is 0 Å². The van der Waals surface area contributed by atoms with Crippen LogP contribution in [0.4, 0.5) is 5.95 Å². The fraction of sp³-hybridized carbons (Fsp3) is 0.500. The summed E-state index contributed by atoms with van der Waals surface area (Å²) in [4.78, 5) is 31.0. The number of halogens is 1. The van der Waals surface area contributed by atoms with Crippen LogP contribution >= 0.6 is 11.6 Å². The van der Waals surface area contributed by atoms with Crippen LogP contribution in [-0.2, 0) is 9.59 Å². The predicted octanol–water partition coefficient (Wildman–Crippen LogP) is 1.88. The second kappa shape index (κ2) is 5.52. The summed E-state index contributed by atoms with van der Waals surface area (Å²) in [6, 6.07) is 1.58. The molecule has 19 heavy (non-hydrogen) atoms. The molecule has 1 aromatic rings. The molecule has 1 aromatic heterocycles. The summed E-state index contributed by atoms with van der Waals surface area (Å²) in [5.74, 6) is -2.32. The number of aliphatic carboxylic acids is 1. The van der Waals surface area contributed by atoms with Crippen molar-refractivity contribution < 1.29 is 14.7 Å². The van der Waals surface area contributed by atoms with Gasteiger partial charge in [-0.1, -0.05) is 18.0 Å². The molecular weight excluding hydrogens is 270 g/mol. The summed E-state index contributed by atoms with van der Waals surface area (Å²) < 4.78 is 0. The topological polar surface area (TPSA) is 92.2 Å². The van der Waals surface area contributed by atoms with E-state index in [2.05, 4.69) is 15.3 Å². The number of carbonyl (C=O) groups excluding carboxylic acids is 1. The van der Waals surface area contributed by atoms with Gasteiger partial charge in [0.25, 0.3) is 0 Å². The second-order valence-corrected chi connectivity index (χ2v) is 5.01. The molecule has 0 aromatic carbocycles. The van der Waals surface area contributed by atoms with Crippen molar-refractivity contribution >= 4 is 29.4 Å². The van der Waals surface area contributed by atoms with Crippen LogP contribution < -0.4 is 5.32 Å². The first kappa shape index (κ1) is 13.7. The Hall–Kier alpha value is -1.69. The number of carboxylic acids is 1. The molecule has 1 saturated carbocycles. The van der Waals surface area contributed by atoms with Crippen LogP contribution in [-0.4, -0.2) is 27.0 Å². The molecule has 1 heterocycles. The molecule has 0 radical (unpaired) electrons. The summed E-state index contributed by atoms with van der Waals surface area (Å²) >= 11 is 5.78. The molecule has 0 bridgehead atoms. The summed E-state index contributed by atoms with van der Waals surface area (Å²) in [6.45, 7) is 1.73. The highest BCUT2D eigenvalue weighted by atomic mass is 35.5. The molecule has 1 aliphatic carbocycles. The number of amides is 1. The van der Waals surface area contributed by atoms with E-state index in [1.165, 1.54) is 0 Å². The van der Waals surface area contributed by atoms with Crippen LogP contribution in [0, 0.1) is 18.8 Å². The van der Waals surface area contributed by atoms with Crippen molar-refractivity contribution in [2.75, 3.05) is 5.32 Å². The number of carbonyl (C=O) groups is 2. The van der Waals surface area contributed by atoms with E-state index in [1.54, 1.807) is 13.0 Å². The van der Waals surface area contributed by atoms with Gasteiger partial charge in [0.15, 0.2) is 0 Å². The number of hydrogen-bond acceptors (Lipinski definition) is 4. The summed E-state index contributed by atoms with van der Waals surface area (Å²) in [7, 11) is 0. The highest BCUT2D eigenvalue weighted by molar-refractivity contribution is 6.29. The lowest BCUT2D eigenvalue weighted by molar-refractivity contribution is -0.145. The SMILES string of the molecule is Cc1cc(Cl)nc(NC(=O)C2CCCC2C(=O)O)n1. The monoisotopic (exact) mass is 283 g/mol. The second-order valence-electron chi connectivity index (χ2n) is 4.63. The number of nitrogens with zero attached hydrogens (tertiary/aromatic N) is 2. The Kier molecular flexibility index (Phi) is 3.99. The van der Waals surface area contributed by atoms with E-state index in [0.29, 0.717) is 18.5 Å². The Morgan fingerprint density at radius 3 is 2.68 bits per heavy atom. The van der Waals surface area contributed by atoms with Crippen molar-refractivity contribution in [1.29, 1.82) is 0 Å². The fourth-order valence-electron chi connectivity index (χ4n) is 2.36. The van der Waals surface area contributed by atoms with Gasteiger partial charge in [0.2, 0.25) is 11.9 Å². The van der Waals surface area contributed by atoms with Gasteiger partial charge in [0.1, 0.15) is 5.15 Å². The first-order valence-corrected chi connectivity index (χ1v) is 6.40. The van der Waals surface area contributed by atoms with Crippen molar-refractivity contribution in [3.8, 4) is 0 Å². The number of nitrogens with one attached hydrogen (secondary N) is 1. The quantitative estimate of drug-likeness (QED) is 0.826. The molecule has 2 rings (SSSR count). The summed E-state index contributed by atoms with van der Waals surface area (Å²) in [6.07, 6.45) is 1.84. The predicted molar refractivity (Wildman–Crippen MR) is 68.9 cm³/mol. The molecule has 1 amide bonds. The van der Waals surface area contributed by atoms with Gasteiger partial charge in [0, 0.05) is 5.69 Å². The highest BCUT2D eigenvalue weighted by Crippen LogP contribution is 2.32. The van der Waals surface area contributed by atoms with Crippen molar-refractivity contribution in [2.24, 2.45) is 11.8 Å². The van der Waals surface area contributed by atoms with Crippen LogP contribution in [0.25, 0.3) is 0 Å². The normalized spacial score (nSPS) is 22.2. The number of anilines is 1. The largest absolute Gasteiger partial charge is 0.481 e. The lowest BCUT2D eigenvalue weighted by atomic mass is 9.95. The molecule has 102 valence electrons. The Morgan fingerprint density at radius 2 is 2.05 bits per heavy atom. The Morgan fingerprint density at radius 1 is 1.37 bits per heavy atom. The zero-order chi connectivity index (χ0) is 14.0. The van der Waals surface area contributed by atoms with Gasteiger partial charge in [-0.2, -0.15) is 0 Å². The molecule has 0 aliphatic heterocycles. The number of hydrogen-bond donors (Lipinski definition) is 2. The maximum Gasteiger partial charge on any atom is 0.307 e. The van der Waals surface area contributed by atoms with Gasteiger partial charge in [-0.05, 0) is 25.8 Å². The standard InChI is InChI=1S/C12H14ClN3O3/c1-6-5-9(13)15-12(14-6)16-10(17)7-3-2-4-8(7)11(18)19/h5,7-8H,2-4H2,1H3,(H,18,19)(H,14,15,16,17). The van der Waals surface area contributed by atoms with Crippen LogP contribution in [0.5, 0.6) is 0 Å². The van der Waals surface area contributed by atoms with Crippen LogP contribution in [0.15, 0.2) is 6.07 Å². The molecule has 1 aliphatic rings. The first-order valence-electron chi connectivity index (χ1n) is 6.02. The Labute approximate surface area is 115 Å². The maximum atomic E-state index is 12.1. The Bertz CT molecular complexity index is 501. The van der Waals surface area contributed by atoms with E-state index >= 15 is 0 Å². The maximum absolute atomic E-state index is 12.1. The van der Waals surface area contributed by atoms with Crippen LogP contribution in [0.1, 0.15) is 25.0 Å². The molecule has 2 N–H and O–H groups in total. The average Bonchev–Trinajstić information content (AvgIpc) is 2.75. The average molecular weight is 284 g/mol. The van der Waals surface area contributed by atoms with Crippen molar-refractivity contribution in [3.63, 3.8) is 0 Å². The molecule has 0 saturated heterocycles. The first-order chi connectivity index (χ1) is 8.97. The molecular formula is C12H14ClN3O3. The van der Waals surface area contributed by atoms with Gasteiger partial charge in [0.05, 0.1) is 11.8 Å². The number of aromatic nitrogens is 2. The van der Waals surface area contributed by atoms with Gasteiger partial charge in [-0.25, -0.2) is 9.97 Å². The molecule has 2 atom stereocenters. The van der Waals surface area contributed by atoms with Crippen LogP contribution in [0.3, 0.4) is 0 Å². The smallest absolute Gasteiger partial charge is 0.307 e. The van der Waals surface area contributed by atoms with Crippen molar-refractivity contribution in [1.82, 2.24) is 9.97 Å². The third-order valence-electron chi connectivity index (χ3n) is 3.23. The van der Waals surface area contributed by atoms with E-state index in [-0.39, 0.29) is 17.0 Å². The molecule has 2 unspecified atom stereocenters. The number of carboxylic acid groups (broad SMARTS) is 1. The highest BCUT2D eigenvalue weighted by Gasteiger charge is 2.37. The minimum atomic E-state index is -0.930. The Balaban J connectivity index is 2.10. The van der Waals surface area contributed by atoms with E-state index < -0.39 is 17.8 Å². The van der Waals surface area contributed by atoms with Crippen molar-refractivity contribution in [3.05, 3.63) is 16.9 Å². The summed E-state index contributed by atoms with van der Waals surface area (Å²) in [5.41, 5.74) is 0.636. The fourth-order valence-corrected chi connectivity index (χ4v) is 2.60. The van der Waals surface area contributed by atoms with E-state index in [4.69, 9.17) is 16.7 Å². The van der Waals surface area contributed by atoms with Gasteiger partial charge >= 0.3 is 5.97 Å². The molecule has 0 spiro atoms. The third kappa shape index (κ3) is 3.20. The van der Waals surface area contributed by atoms with Crippen molar-refractivity contribution in [2.45, 2.75) is 26.2 Å². The van der Waals surface area contributed by atoms with E-state index in [9.17, 15) is 9.59 Å². The van der Waals surface area contributed by atoms with Gasteiger partial charge in [-0.3, -0.25) is 14.9 Å². The molecule has 7 heteroatoms. The molecule has 6 nitrogen and oxygen atoms in total. The lowest BCUT2D eigenvalue weighted by Gasteiger charge is -2.14. The minimum Gasteiger partial charge on any atom is -0.481 e. The minimum absolute atomic E-state index is 0.117. The zero-order valence-electron chi connectivity index (χ0n) is 10.4. The van der Waals surface area contributed by atoms with E-state index in [1.807, 2.05) is 0 Å². The van der Waals surface area contributed by atoms with Gasteiger partial charge < -0.3 is 5.11 Å². The zero-order valence-corrected chi connectivity index (χ0v) is 11.1. The van der Waals surface area contributed by atoms with E-state index in [0.717, 1.165) is 6.42 Å². The number of rotatable bonds is 3. The summed E-state index contributed by atoms with van der Waals surface area (Å²) in [5, 5.41) is 11.8.